The van der Waals surface area contributed by atoms with Crippen molar-refractivity contribution < 1.29 is 19.8 Å². The van der Waals surface area contributed by atoms with E-state index in [0.717, 1.165) is 13.8 Å². The number of carboxylic acids is 2. The summed E-state index contributed by atoms with van der Waals surface area (Å²) in [5.41, 5.74) is 0. The molecule has 0 amide bonds. The minimum Gasteiger partial charge on any atom is -0.550 e. The monoisotopic (exact) mass is 288 g/mol. The van der Waals surface area contributed by atoms with E-state index in [1.54, 1.807) is 18.2 Å². The molecule has 0 saturated heterocycles. The molecule has 1 aromatic rings. The Labute approximate surface area is 126 Å². The molecule has 0 aliphatic carbocycles. The van der Waals surface area contributed by atoms with Gasteiger partial charge in [-0.05, 0) is 32.0 Å². The van der Waals surface area contributed by atoms with E-state index in [1.807, 2.05) is 6.07 Å². The van der Waals surface area contributed by atoms with Gasteiger partial charge in [-0.15, -0.1) is 0 Å². The molecule has 4 nitrogen and oxygen atoms in total. The van der Waals surface area contributed by atoms with E-state index >= 15 is 0 Å². The number of carbonyl (C=O) groups excluding carboxylic acids is 2. The molecule has 0 spiro atoms. The van der Waals surface area contributed by atoms with Crippen LogP contribution in [0.3, 0.4) is 0 Å². The van der Waals surface area contributed by atoms with E-state index in [0.29, 0.717) is 10.0 Å². The Morgan fingerprint density at radius 1 is 1.00 bits per heavy atom. The number of carboxylic acid groups (broad SMARTS) is 2. The van der Waals surface area contributed by atoms with Crippen LogP contribution in [0.1, 0.15) is 13.8 Å². The first kappa shape index (κ1) is 21.8. The van der Waals surface area contributed by atoms with Crippen LogP contribution in [0, 0.1) is 0 Å². The molecule has 1 aromatic carbocycles. The van der Waals surface area contributed by atoms with E-state index in [2.05, 4.69) is 0 Å². The van der Waals surface area contributed by atoms with Crippen molar-refractivity contribution in [3.8, 4) is 0 Å². The van der Waals surface area contributed by atoms with Gasteiger partial charge in [0.15, 0.2) is 0 Å². The second-order valence-electron chi connectivity index (χ2n) is 2.42. The molecule has 0 unspecified atom stereocenters. The second-order valence-corrected chi connectivity index (χ2v) is 3.30. The van der Waals surface area contributed by atoms with Crippen molar-refractivity contribution in [2.75, 3.05) is 0 Å². The smallest absolute Gasteiger partial charge is 0.550 e. The molecule has 17 heavy (non-hydrogen) atoms. The van der Waals surface area contributed by atoms with Gasteiger partial charge in [-0.1, -0.05) is 29.3 Å². The van der Waals surface area contributed by atoms with Crippen LogP contribution in [0.5, 0.6) is 0 Å². The summed E-state index contributed by atoms with van der Waals surface area (Å²) in [6.07, 6.45) is 0. The van der Waals surface area contributed by atoms with Crippen LogP contribution >= 0.6 is 23.2 Å². The molecule has 90 valence electrons. The van der Waals surface area contributed by atoms with E-state index < -0.39 is 11.9 Å². The molecule has 0 heterocycles. The summed E-state index contributed by atoms with van der Waals surface area (Å²) >= 11 is 11.1. The summed E-state index contributed by atoms with van der Waals surface area (Å²) in [5.74, 6) is -2.17. The normalized spacial score (nSPS) is 7.29. The SMILES string of the molecule is CC(=O)[O-].CC(=O)[O-].Clc1cccc(Cl)c1.[Mg+2]. The predicted molar refractivity (Wildman–Crippen MR) is 63.6 cm³/mol. The molecule has 0 radical (unpaired) electrons. The van der Waals surface area contributed by atoms with Crippen molar-refractivity contribution in [2.24, 2.45) is 0 Å². The average Bonchev–Trinajstić information content (AvgIpc) is 2.00. The van der Waals surface area contributed by atoms with E-state index in [1.165, 1.54) is 0 Å². The van der Waals surface area contributed by atoms with Crippen molar-refractivity contribution in [3.05, 3.63) is 34.3 Å². The molecule has 0 fully saturated rings. The Bertz CT molecular complexity index is 308. The Balaban J connectivity index is -0.000000189. The largest absolute Gasteiger partial charge is 2.00 e. The van der Waals surface area contributed by atoms with Crippen molar-refractivity contribution in [3.63, 3.8) is 0 Å². The Morgan fingerprint density at radius 2 is 1.24 bits per heavy atom. The number of halogens is 2. The molecule has 1 rings (SSSR count). The van der Waals surface area contributed by atoms with Gasteiger partial charge in [0.05, 0.1) is 0 Å². The molecule has 0 aliphatic heterocycles. The molecule has 0 aromatic heterocycles. The fourth-order valence-corrected chi connectivity index (χ4v) is 0.896. The van der Waals surface area contributed by atoms with Crippen LogP contribution in [-0.4, -0.2) is 35.0 Å². The number of hydrogen-bond donors (Lipinski definition) is 0. The quantitative estimate of drug-likeness (QED) is 0.636. The first-order valence-electron chi connectivity index (χ1n) is 4.02. The minimum atomic E-state index is -1.08. The molecular formula is C10H10Cl2MgO4. The van der Waals surface area contributed by atoms with Gasteiger partial charge in [0.25, 0.3) is 0 Å². The molecule has 0 bridgehead atoms. The van der Waals surface area contributed by atoms with E-state index in [-0.39, 0.29) is 23.1 Å². The zero-order valence-electron chi connectivity index (χ0n) is 9.41. The first-order chi connectivity index (χ1) is 7.25. The minimum absolute atomic E-state index is 0. The van der Waals surface area contributed by atoms with Gasteiger partial charge >= 0.3 is 23.1 Å². The second kappa shape index (κ2) is 13.6. The Morgan fingerprint density at radius 3 is 1.35 bits per heavy atom. The molecule has 0 atom stereocenters. The third kappa shape index (κ3) is 31.3. The van der Waals surface area contributed by atoms with Gasteiger partial charge in [0.1, 0.15) is 0 Å². The molecule has 7 heteroatoms. The maximum absolute atomic E-state index is 8.89. The fraction of sp³-hybridized carbons (Fsp3) is 0.200. The van der Waals surface area contributed by atoms with Crippen molar-refractivity contribution in [1.82, 2.24) is 0 Å². The van der Waals surface area contributed by atoms with Crippen LogP contribution in [0.15, 0.2) is 24.3 Å². The third-order valence-electron chi connectivity index (χ3n) is 0.787. The third-order valence-corrected chi connectivity index (χ3v) is 1.26. The summed E-state index contributed by atoms with van der Waals surface area (Å²) < 4.78 is 0. The topological polar surface area (TPSA) is 80.3 Å². The fourth-order valence-electron chi connectivity index (χ4n) is 0.460. The van der Waals surface area contributed by atoms with Gasteiger partial charge < -0.3 is 19.8 Å². The van der Waals surface area contributed by atoms with Crippen molar-refractivity contribution in [1.29, 1.82) is 0 Å². The van der Waals surface area contributed by atoms with Crippen LogP contribution in [0.25, 0.3) is 0 Å². The van der Waals surface area contributed by atoms with Crippen LogP contribution in [-0.2, 0) is 9.59 Å². The summed E-state index contributed by atoms with van der Waals surface area (Å²) in [6, 6.07) is 7.08. The number of hydrogen-bond acceptors (Lipinski definition) is 4. The van der Waals surface area contributed by atoms with Crippen molar-refractivity contribution >= 4 is 58.2 Å². The van der Waals surface area contributed by atoms with Gasteiger partial charge in [-0.3, -0.25) is 0 Å². The van der Waals surface area contributed by atoms with Crippen LogP contribution < -0.4 is 10.2 Å². The number of benzene rings is 1. The molecule has 0 saturated carbocycles. The van der Waals surface area contributed by atoms with E-state index in [4.69, 9.17) is 43.0 Å². The number of aliphatic carboxylic acids is 2. The van der Waals surface area contributed by atoms with Gasteiger partial charge in [-0.2, -0.15) is 0 Å². The Kier molecular flexibility index (Phi) is 17.4. The van der Waals surface area contributed by atoms with Gasteiger partial charge in [-0.25, -0.2) is 0 Å². The number of rotatable bonds is 0. The summed E-state index contributed by atoms with van der Waals surface area (Å²) in [6.45, 7) is 1.94. The molecular weight excluding hydrogens is 279 g/mol. The summed E-state index contributed by atoms with van der Waals surface area (Å²) in [5, 5.41) is 19.1. The first-order valence-corrected chi connectivity index (χ1v) is 4.77. The van der Waals surface area contributed by atoms with Crippen LogP contribution in [0.2, 0.25) is 10.0 Å². The summed E-state index contributed by atoms with van der Waals surface area (Å²) in [7, 11) is 0. The standard InChI is InChI=1S/C6H4Cl2.2C2H4O2.Mg/c7-5-2-1-3-6(8)4-5;2*1-2(3)4;/h1-4H;2*1H3,(H,3,4);/q;;;+2/p-2. The number of carbonyl (C=O) groups is 2. The summed E-state index contributed by atoms with van der Waals surface area (Å²) in [4.78, 5) is 17.8. The average molecular weight is 289 g/mol. The van der Waals surface area contributed by atoms with Gasteiger partial charge in [0.2, 0.25) is 0 Å². The van der Waals surface area contributed by atoms with Gasteiger partial charge in [0, 0.05) is 22.0 Å². The molecule has 0 aliphatic rings. The molecule has 0 N–H and O–H groups in total. The zero-order valence-corrected chi connectivity index (χ0v) is 12.3. The predicted octanol–water partition coefficient (Wildman–Crippen LogP) is 0.125. The Hall–Kier alpha value is -0.494. The maximum Gasteiger partial charge on any atom is 2.00 e. The maximum atomic E-state index is 8.89. The van der Waals surface area contributed by atoms with Crippen molar-refractivity contribution in [2.45, 2.75) is 13.8 Å². The zero-order chi connectivity index (χ0) is 13.1. The van der Waals surface area contributed by atoms with Crippen LogP contribution in [0.4, 0.5) is 0 Å². The van der Waals surface area contributed by atoms with E-state index in [9.17, 15) is 0 Å².